The molecule has 2 unspecified atom stereocenters. The van der Waals surface area contributed by atoms with Crippen molar-refractivity contribution in [3.63, 3.8) is 0 Å². The van der Waals surface area contributed by atoms with Crippen molar-refractivity contribution in [2.45, 2.75) is 43.1 Å². The highest BCUT2D eigenvalue weighted by Gasteiger charge is 2.22. The lowest BCUT2D eigenvalue weighted by Crippen LogP contribution is -2.28. The maximum absolute atomic E-state index is 13.9. The van der Waals surface area contributed by atoms with Gasteiger partial charge in [-0.2, -0.15) is 4.98 Å². The van der Waals surface area contributed by atoms with E-state index in [1.165, 1.54) is 0 Å². The predicted octanol–water partition coefficient (Wildman–Crippen LogP) is 4.37. The van der Waals surface area contributed by atoms with Crippen LogP contribution in [0.5, 0.6) is 5.75 Å². The van der Waals surface area contributed by atoms with Crippen LogP contribution in [0, 0.1) is 0 Å². The van der Waals surface area contributed by atoms with Crippen molar-refractivity contribution in [2.75, 3.05) is 32.5 Å². The zero-order valence-corrected chi connectivity index (χ0v) is 24.7. The zero-order valence-electron chi connectivity index (χ0n) is 23.9. The van der Waals surface area contributed by atoms with Crippen LogP contribution < -0.4 is 20.9 Å². The van der Waals surface area contributed by atoms with Gasteiger partial charge in [-0.3, -0.25) is 9.36 Å². The SMILES string of the molecule is C=C(c1cc2cnc(Nc3ccc(OC4CCNC4)cc3)nc2n(Cc2ccccc2[S+]([O-])C(C)C)c1=O)N(C)C. The largest absolute Gasteiger partial charge is 0.611 e. The quantitative estimate of drug-likeness (QED) is 0.270. The van der Waals surface area contributed by atoms with Crippen LogP contribution in [0.3, 0.4) is 0 Å². The number of benzene rings is 2. The fourth-order valence-electron chi connectivity index (χ4n) is 4.74. The van der Waals surface area contributed by atoms with E-state index in [1.807, 2.05) is 81.4 Å². The first-order valence-electron chi connectivity index (χ1n) is 13.7. The molecule has 0 saturated carbocycles. The molecule has 214 valence electrons. The van der Waals surface area contributed by atoms with E-state index in [0.29, 0.717) is 33.1 Å². The number of aromatic nitrogens is 3. The Kier molecular flexibility index (Phi) is 8.63. The Bertz CT molecular complexity index is 1600. The summed E-state index contributed by atoms with van der Waals surface area (Å²) in [6.07, 6.45) is 2.88. The summed E-state index contributed by atoms with van der Waals surface area (Å²) in [5.74, 6) is 1.17. The Morgan fingerprint density at radius 1 is 1.24 bits per heavy atom. The van der Waals surface area contributed by atoms with Crippen molar-refractivity contribution in [1.82, 2.24) is 24.8 Å². The summed E-state index contributed by atoms with van der Waals surface area (Å²) in [4.78, 5) is 25.7. The summed E-state index contributed by atoms with van der Waals surface area (Å²) in [7, 11) is 3.70. The summed E-state index contributed by atoms with van der Waals surface area (Å²) >= 11 is -1.22. The minimum atomic E-state index is -1.22. The fourth-order valence-corrected chi connectivity index (χ4v) is 5.85. The van der Waals surface area contributed by atoms with E-state index in [2.05, 4.69) is 22.2 Å². The summed E-state index contributed by atoms with van der Waals surface area (Å²) in [6, 6.07) is 17.0. The Labute approximate surface area is 243 Å². The number of hydrogen-bond donors (Lipinski definition) is 2. The minimum Gasteiger partial charge on any atom is -0.611 e. The summed E-state index contributed by atoms with van der Waals surface area (Å²) in [5, 5.41) is 7.19. The maximum Gasteiger partial charge on any atom is 0.261 e. The van der Waals surface area contributed by atoms with Gasteiger partial charge in [0.05, 0.1) is 12.1 Å². The molecule has 1 fully saturated rings. The number of anilines is 2. The second kappa shape index (κ2) is 12.3. The molecule has 1 saturated heterocycles. The third kappa shape index (κ3) is 6.40. The van der Waals surface area contributed by atoms with Crippen LogP contribution >= 0.6 is 0 Å². The van der Waals surface area contributed by atoms with Gasteiger partial charge in [-0.15, -0.1) is 0 Å². The van der Waals surface area contributed by atoms with E-state index in [4.69, 9.17) is 9.72 Å². The third-order valence-electron chi connectivity index (χ3n) is 7.05. The van der Waals surface area contributed by atoms with Crippen LogP contribution in [0.1, 0.15) is 31.4 Å². The number of rotatable bonds is 10. The molecule has 2 aromatic carbocycles. The van der Waals surface area contributed by atoms with Gasteiger partial charge in [0, 0.05) is 49.2 Å². The normalized spacial score (nSPS) is 15.7. The van der Waals surface area contributed by atoms with Gasteiger partial charge in [0.2, 0.25) is 5.95 Å². The van der Waals surface area contributed by atoms with Crippen molar-refractivity contribution in [3.05, 3.63) is 88.9 Å². The predicted molar refractivity (Wildman–Crippen MR) is 165 cm³/mol. The van der Waals surface area contributed by atoms with Crippen LogP contribution in [-0.4, -0.2) is 62.5 Å². The number of fused-ring (bicyclic) bond motifs is 1. The monoisotopic (exact) mass is 572 g/mol. The highest BCUT2D eigenvalue weighted by molar-refractivity contribution is 7.92. The van der Waals surface area contributed by atoms with Gasteiger partial charge in [-0.25, -0.2) is 4.98 Å². The fraction of sp³-hybridized carbons (Fsp3) is 0.323. The molecule has 0 spiro atoms. The zero-order chi connectivity index (χ0) is 29.1. The average molecular weight is 573 g/mol. The maximum atomic E-state index is 13.9. The van der Waals surface area contributed by atoms with Gasteiger partial charge in [0.1, 0.15) is 22.8 Å². The molecule has 2 aromatic heterocycles. The Morgan fingerprint density at radius 3 is 2.68 bits per heavy atom. The molecule has 9 nitrogen and oxygen atoms in total. The van der Waals surface area contributed by atoms with Crippen molar-refractivity contribution >= 4 is 39.5 Å². The molecular formula is C31H36N6O3S. The highest BCUT2D eigenvalue weighted by atomic mass is 32.2. The molecular weight excluding hydrogens is 536 g/mol. The van der Waals surface area contributed by atoms with E-state index in [1.54, 1.807) is 16.8 Å². The van der Waals surface area contributed by atoms with Crippen LogP contribution in [0.2, 0.25) is 0 Å². The first-order valence-corrected chi connectivity index (χ1v) is 14.9. The second-order valence-electron chi connectivity index (χ2n) is 10.6. The molecule has 41 heavy (non-hydrogen) atoms. The number of nitrogens with zero attached hydrogens (tertiary/aromatic N) is 4. The minimum absolute atomic E-state index is 0.0609. The molecule has 2 atom stereocenters. The molecule has 0 radical (unpaired) electrons. The van der Waals surface area contributed by atoms with Gasteiger partial charge in [0.25, 0.3) is 5.56 Å². The first kappa shape index (κ1) is 28.7. The van der Waals surface area contributed by atoms with Crippen LogP contribution in [-0.2, 0) is 17.7 Å². The molecule has 1 aliphatic heterocycles. The molecule has 2 N–H and O–H groups in total. The van der Waals surface area contributed by atoms with Gasteiger partial charge in [0.15, 0.2) is 4.90 Å². The van der Waals surface area contributed by atoms with Crippen molar-refractivity contribution < 1.29 is 9.29 Å². The Balaban J connectivity index is 1.52. The Morgan fingerprint density at radius 2 is 2.00 bits per heavy atom. The van der Waals surface area contributed by atoms with E-state index >= 15 is 0 Å². The molecule has 0 aliphatic carbocycles. The van der Waals surface area contributed by atoms with Crippen molar-refractivity contribution in [3.8, 4) is 5.75 Å². The lowest BCUT2D eigenvalue weighted by atomic mass is 10.1. The van der Waals surface area contributed by atoms with Gasteiger partial charge < -0.3 is 24.8 Å². The topological polar surface area (TPSA) is 107 Å². The average Bonchev–Trinajstić information content (AvgIpc) is 3.48. The van der Waals surface area contributed by atoms with Crippen LogP contribution in [0.25, 0.3) is 16.7 Å². The second-order valence-corrected chi connectivity index (χ2v) is 12.6. The molecule has 0 amide bonds. The van der Waals surface area contributed by atoms with E-state index in [0.717, 1.165) is 36.5 Å². The van der Waals surface area contributed by atoms with Gasteiger partial charge >= 0.3 is 0 Å². The molecule has 10 heteroatoms. The highest BCUT2D eigenvalue weighted by Crippen LogP contribution is 2.25. The third-order valence-corrected chi connectivity index (χ3v) is 8.74. The number of nitrogens with one attached hydrogen (secondary N) is 2. The number of pyridine rings is 1. The number of hydrogen-bond acceptors (Lipinski definition) is 8. The number of ether oxygens (including phenoxy) is 1. The lowest BCUT2D eigenvalue weighted by Gasteiger charge is -2.20. The summed E-state index contributed by atoms with van der Waals surface area (Å²) in [6.45, 7) is 10.00. The molecule has 1 aliphatic rings. The van der Waals surface area contributed by atoms with Crippen LogP contribution in [0.15, 0.2) is 77.1 Å². The van der Waals surface area contributed by atoms with E-state index in [9.17, 15) is 9.35 Å². The lowest BCUT2D eigenvalue weighted by molar-refractivity contribution is 0.223. The van der Waals surface area contributed by atoms with Crippen molar-refractivity contribution in [1.29, 1.82) is 0 Å². The Hall–Kier alpha value is -3.86. The van der Waals surface area contributed by atoms with Gasteiger partial charge in [-0.1, -0.05) is 24.8 Å². The molecule has 0 bridgehead atoms. The summed E-state index contributed by atoms with van der Waals surface area (Å²) < 4.78 is 20.7. The van der Waals surface area contributed by atoms with E-state index < -0.39 is 11.2 Å². The van der Waals surface area contributed by atoms with Crippen molar-refractivity contribution in [2.24, 2.45) is 0 Å². The van der Waals surface area contributed by atoms with Crippen LogP contribution in [0.4, 0.5) is 11.6 Å². The standard InChI is InChI=1S/C31H36N6O3S/c1-20(2)41(39)28-9-7-6-8-22(28)19-37-29-23(16-27(30(37)38)21(3)36(4)5)17-33-31(35-29)34-24-10-12-25(13-11-24)40-26-14-15-32-18-26/h6-13,16-17,20,26,32H,3,14-15,18-19H2,1-2,4-5H3,(H,33,34,35). The molecule has 3 heterocycles. The molecule has 4 aromatic rings. The smallest absolute Gasteiger partial charge is 0.261 e. The summed E-state index contributed by atoms with van der Waals surface area (Å²) in [5.41, 5.74) is 2.89. The molecule has 5 rings (SSSR count). The first-order chi connectivity index (χ1) is 19.7. The van der Waals surface area contributed by atoms with E-state index in [-0.39, 0.29) is 23.5 Å². The van der Waals surface area contributed by atoms with Gasteiger partial charge in [-0.05, 0) is 74.4 Å².